The average molecular weight is 259 g/mol. The monoisotopic (exact) mass is 259 g/mol. The molecule has 0 unspecified atom stereocenters. The fraction of sp³-hybridized carbons (Fsp3) is 0.538. The van der Waals surface area contributed by atoms with Crippen molar-refractivity contribution in [3.8, 4) is 5.75 Å². The fourth-order valence-corrected chi connectivity index (χ4v) is 1.93. The predicted octanol–water partition coefficient (Wildman–Crippen LogP) is 3.47. The Bertz CT molecular complexity index is 371. The molecule has 2 nitrogen and oxygen atoms in total. The predicted molar refractivity (Wildman–Crippen MR) is 62.2 cm³/mol. The molecule has 0 aromatic heterocycles. The molecule has 1 N–H and O–H groups in total. The van der Waals surface area contributed by atoms with Crippen molar-refractivity contribution >= 4 is 0 Å². The Balaban J connectivity index is 1.76. The van der Waals surface area contributed by atoms with Crippen LogP contribution in [-0.4, -0.2) is 12.9 Å². The van der Waals surface area contributed by atoms with E-state index in [2.05, 4.69) is 10.1 Å². The van der Waals surface area contributed by atoms with Crippen LogP contribution in [-0.2, 0) is 6.54 Å². The summed E-state index contributed by atoms with van der Waals surface area (Å²) in [6.45, 7) is 1.67. The molecule has 18 heavy (non-hydrogen) atoms. The third kappa shape index (κ3) is 4.22. The van der Waals surface area contributed by atoms with E-state index in [0.29, 0.717) is 6.54 Å². The summed E-state index contributed by atoms with van der Waals surface area (Å²) in [5.74, 6) is 0.600. The van der Waals surface area contributed by atoms with E-state index in [1.807, 2.05) is 0 Å². The van der Waals surface area contributed by atoms with Crippen molar-refractivity contribution in [3.63, 3.8) is 0 Å². The Kier molecular flexibility index (Phi) is 4.11. The van der Waals surface area contributed by atoms with E-state index in [-0.39, 0.29) is 5.75 Å². The number of nitrogens with one attached hydrogen (secondary N) is 1. The Morgan fingerprint density at radius 3 is 2.33 bits per heavy atom. The summed E-state index contributed by atoms with van der Waals surface area (Å²) in [7, 11) is 0. The second-order valence-corrected chi connectivity index (χ2v) is 4.62. The number of benzene rings is 1. The van der Waals surface area contributed by atoms with Crippen molar-refractivity contribution in [1.82, 2.24) is 5.32 Å². The molecule has 0 amide bonds. The van der Waals surface area contributed by atoms with Gasteiger partial charge in [-0.25, -0.2) is 0 Å². The van der Waals surface area contributed by atoms with Gasteiger partial charge < -0.3 is 10.1 Å². The third-order valence-electron chi connectivity index (χ3n) is 3.14. The zero-order valence-corrected chi connectivity index (χ0v) is 9.96. The molecule has 0 bridgehead atoms. The van der Waals surface area contributed by atoms with Crippen LogP contribution >= 0.6 is 0 Å². The highest BCUT2D eigenvalue weighted by molar-refractivity contribution is 5.27. The van der Waals surface area contributed by atoms with E-state index < -0.39 is 6.36 Å². The van der Waals surface area contributed by atoms with Gasteiger partial charge in [0.05, 0.1) is 0 Å². The minimum absolute atomic E-state index is 0.176. The Morgan fingerprint density at radius 1 is 1.17 bits per heavy atom. The van der Waals surface area contributed by atoms with E-state index in [9.17, 15) is 13.2 Å². The van der Waals surface area contributed by atoms with Crippen LogP contribution in [0.5, 0.6) is 5.75 Å². The third-order valence-corrected chi connectivity index (χ3v) is 3.14. The first-order valence-electron chi connectivity index (χ1n) is 6.08. The maximum absolute atomic E-state index is 11.9. The first-order chi connectivity index (χ1) is 8.53. The van der Waals surface area contributed by atoms with Gasteiger partial charge in [-0.3, -0.25) is 0 Å². The molecule has 5 heteroatoms. The van der Waals surface area contributed by atoms with Crippen molar-refractivity contribution in [2.75, 3.05) is 6.54 Å². The molecule has 2 rings (SSSR count). The number of hydrogen-bond acceptors (Lipinski definition) is 2. The highest BCUT2D eigenvalue weighted by Crippen LogP contribution is 2.25. The molecular formula is C13H16F3NO. The van der Waals surface area contributed by atoms with Crippen LogP contribution < -0.4 is 10.1 Å². The molecular weight excluding hydrogens is 243 g/mol. The lowest BCUT2D eigenvalue weighted by molar-refractivity contribution is -0.274. The smallest absolute Gasteiger partial charge is 0.406 e. The number of hydrogen-bond donors (Lipinski definition) is 1. The molecule has 1 saturated carbocycles. The Hall–Kier alpha value is -1.23. The maximum Gasteiger partial charge on any atom is 0.573 e. The molecule has 0 radical (unpaired) electrons. The van der Waals surface area contributed by atoms with Gasteiger partial charge in [0.2, 0.25) is 0 Å². The molecule has 0 atom stereocenters. The van der Waals surface area contributed by atoms with E-state index in [1.165, 1.54) is 31.4 Å². The topological polar surface area (TPSA) is 21.3 Å². The van der Waals surface area contributed by atoms with Crippen LogP contribution in [0.4, 0.5) is 13.2 Å². The van der Waals surface area contributed by atoms with Gasteiger partial charge >= 0.3 is 6.36 Å². The van der Waals surface area contributed by atoms with Crippen LogP contribution in [0.25, 0.3) is 0 Å². The minimum atomic E-state index is -4.62. The number of halogens is 3. The lowest BCUT2D eigenvalue weighted by atomic mass is 9.85. The standard InChI is InChI=1S/C13H16F3NO/c14-13(15,16)18-12-6-4-11(5-7-12)9-17-8-10-2-1-3-10/h4-7,10,17H,1-3,8-9H2. The molecule has 1 aromatic carbocycles. The Morgan fingerprint density at radius 2 is 1.83 bits per heavy atom. The van der Waals surface area contributed by atoms with Crippen molar-refractivity contribution < 1.29 is 17.9 Å². The molecule has 1 aromatic rings. The summed E-state index contributed by atoms with van der Waals surface area (Å²) in [5, 5.41) is 3.31. The molecule has 1 aliphatic rings. The van der Waals surface area contributed by atoms with Crippen molar-refractivity contribution in [2.24, 2.45) is 5.92 Å². The largest absolute Gasteiger partial charge is 0.573 e. The Labute approximate surface area is 104 Å². The highest BCUT2D eigenvalue weighted by atomic mass is 19.4. The van der Waals surface area contributed by atoms with Crippen LogP contribution in [0.1, 0.15) is 24.8 Å². The summed E-state index contributed by atoms with van der Waals surface area (Å²) in [6, 6.07) is 5.98. The quantitative estimate of drug-likeness (QED) is 0.874. The summed E-state index contributed by atoms with van der Waals surface area (Å²) >= 11 is 0. The van der Waals surface area contributed by atoms with Gasteiger partial charge in [-0.15, -0.1) is 13.2 Å². The highest BCUT2D eigenvalue weighted by Gasteiger charge is 2.30. The van der Waals surface area contributed by atoms with Crippen molar-refractivity contribution in [2.45, 2.75) is 32.2 Å². The second kappa shape index (κ2) is 5.61. The first kappa shape index (κ1) is 13.2. The fourth-order valence-electron chi connectivity index (χ4n) is 1.93. The van der Waals surface area contributed by atoms with Crippen LogP contribution in [0.15, 0.2) is 24.3 Å². The minimum Gasteiger partial charge on any atom is -0.406 e. The normalized spacial score (nSPS) is 16.4. The number of rotatable bonds is 5. The van der Waals surface area contributed by atoms with E-state index in [1.54, 1.807) is 12.1 Å². The molecule has 0 heterocycles. The van der Waals surface area contributed by atoms with Gasteiger partial charge in [0.1, 0.15) is 5.75 Å². The van der Waals surface area contributed by atoms with Gasteiger partial charge in [-0.1, -0.05) is 18.6 Å². The summed E-state index contributed by atoms with van der Waals surface area (Å²) in [6.07, 6.45) is -0.740. The lowest BCUT2D eigenvalue weighted by Crippen LogP contribution is -2.26. The van der Waals surface area contributed by atoms with Crippen LogP contribution in [0.3, 0.4) is 0 Å². The molecule has 1 fully saturated rings. The van der Waals surface area contributed by atoms with Gasteiger partial charge in [0, 0.05) is 6.54 Å². The molecule has 1 aliphatic carbocycles. The zero-order valence-electron chi connectivity index (χ0n) is 9.96. The van der Waals surface area contributed by atoms with Crippen LogP contribution in [0.2, 0.25) is 0 Å². The van der Waals surface area contributed by atoms with Crippen LogP contribution in [0, 0.1) is 5.92 Å². The zero-order chi connectivity index (χ0) is 13.0. The first-order valence-corrected chi connectivity index (χ1v) is 6.08. The second-order valence-electron chi connectivity index (χ2n) is 4.62. The number of alkyl halides is 3. The average Bonchev–Trinajstić information content (AvgIpc) is 2.22. The van der Waals surface area contributed by atoms with Gasteiger partial charge in [-0.05, 0) is 43.0 Å². The summed E-state index contributed by atoms with van der Waals surface area (Å²) in [4.78, 5) is 0. The summed E-state index contributed by atoms with van der Waals surface area (Å²) in [5.41, 5.74) is 0.962. The van der Waals surface area contributed by atoms with E-state index in [4.69, 9.17) is 0 Å². The lowest BCUT2D eigenvalue weighted by Gasteiger charge is -2.25. The van der Waals surface area contributed by atoms with E-state index >= 15 is 0 Å². The SMILES string of the molecule is FC(F)(F)Oc1ccc(CNCC2CCC2)cc1. The summed E-state index contributed by atoms with van der Waals surface area (Å²) < 4.78 is 39.6. The van der Waals surface area contributed by atoms with Gasteiger partial charge in [0.15, 0.2) is 0 Å². The molecule has 0 spiro atoms. The van der Waals surface area contributed by atoms with Crippen molar-refractivity contribution in [3.05, 3.63) is 29.8 Å². The molecule has 100 valence electrons. The van der Waals surface area contributed by atoms with E-state index in [0.717, 1.165) is 18.0 Å². The van der Waals surface area contributed by atoms with Gasteiger partial charge in [0.25, 0.3) is 0 Å². The van der Waals surface area contributed by atoms with Gasteiger partial charge in [-0.2, -0.15) is 0 Å². The van der Waals surface area contributed by atoms with Crippen molar-refractivity contribution in [1.29, 1.82) is 0 Å². The maximum atomic E-state index is 11.9. The number of ether oxygens (including phenoxy) is 1. The molecule has 0 aliphatic heterocycles. The molecule has 0 saturated heterocycles.